The first-order valence-corrected chi connectivity index (χ1v) is 12.0. The lowest BCUT2D eigenvalue weighted by molar-refractivity contribution is -0.116. The minimum Gasteiger partial charge on any atom is -0.365 e. The molecule has 3 rings (SSSR count). The topological polar surface area (TPSA) is 128 Å². The van der Waals surface area contributed by atoms with Gasteiger partial charge in [-0.15, -0.1) is 10.2 Å². The van der Waals surface area contributed by atoms with Crippen LogP contribution in [0.4, 0.5) is 5.13 Å². The zero-order valence-electron chi connectivity index (χ0n) is 19.0. The third-order valence-electron chi connectivity index (χ3n) is 5.53. The highest BCUT2D eigenvalue weighted by Crippen LogP contribution is 2.20. The van der Waals surface area contributed by atoms with Crippen LogP contribution >= 0.6 is 11.3 Å². The van der Waals surface area contributed by atoms with Crippen LogP contribution < -0.4 is 11.1 Å². The third kappa shape index (κ3) is 5.87. The predicted octanol–water partition coefficient (Wildman–Crippen LogP) is 3.77. The van der Waals surface area contributed by atoms with E-state index in [4.69, 9.17) is 5.73 Å². The fraction of sp³-hybridized carbons (Fsp3) is 0.545. The zero-order valence-corrected chi connectivity index (χ0v) is 19.8. The highest BCUT2D eigenvalue weighted by atomic mass is 32.1. The number of rotatable bonds is 12. The average Bonchev–Trinajstić information content (AvgIpc) is 3.37. The number of nitrogens with one attached hydrogen (secondary N) is 1. The van der Waals surface area contributed by atoms with Crippen molar-refractivity contribution in [2.24, 2.45) is 5.73 Å². The van der Waals surface area contributed by atoms with E-state index >= 15 is 0 Å². The molecule has 32 heavy (non-hydrogen) atoms. The van der Waals surface area contributed by atoms with Gasteiger partial charge in [0, 0.05) is 24.2 Å². The lowest BCUT2D eigenvalue weighted by atomic mass is 10.1. The predicted molar refractivity (Wildman–Crippen MR) is 125 cm³/mol. The summed E-state index contributed by atoms with van der Waals surface area (Å²) in [5, 5.41) is 16.9. The number of primary amides is 1. The van der Waals surface area contributed by atoms with Gasteiger partial charge in [-0.25, -0.2) is 9.50 Å². The fourth-order valence-electron chi connectivity index (χ4n) is 3.73. The molecular formula is C22H31N7O2S. The highest BCUT2D eigenvalue weighted by Gasteiger charge is 2.17. The number of nitrogens with two attached hydrogens (primary N) is 1. The van der Waals surface area contributed by atoms with Crippen LogP contribution in [-0.2, 0) is 17.6 Å². The van der Waals surface area contributed by atoms with E-state index in [1.54, 1.807) is 4.52 Å². The Hall–Kier alpha value is -2.88. The molecule has 0 saturated carbocycles. The SMILES string of the molecule is CCCCCCCCc1nnc(NC(=O)CCc2c(C)nc3c(C(N)=O)cnn3c2C)s1. The minimum atomic E-state index is -0.564. The number of hydrogen-bond donors (Lipinski definition) is 2. The number of unbranched alkanes of at least 4 members (excludes halogenated alkanes) is 5. The summed E-state index contributed by atoms with van der Waals surface area (Å²) in [6, 6.07) is 0. The molecule has 3 aromatic heterocycles. The molecule has 0 spiro atoms. The Kier molecular flexibility index (Phi) is 8.26. The quantitative estimate of drug-likeness (QED) is 0.398. The zero-order chi connectivity index (χ0) is 23.1. The van der Waals surface area contributed by atoms with Crippen molar-refractivity contribution in [3.8, 4) is 0 Å². The molecule has 3 aromatic rings. The number of nitrogens with zero attached hydrogens (tertiary/aromatic N) is 5. The lowest BCUT2D eigenvalue weighted by Gasteiger charge is -2.11. The van der Waals surface area contributed by atoms with Crippen molar-refractivity contribution >= 4 is 33.9 Å². The number of aryl methyl sites for hydroxylation is 3. The van der Waals surface area contributed by atoms with Crippen molar-refractivity contribution in [3.05, 3.63) is 33.7 Å². The Bertz CT molecular complexity index is 1090. The van der Waals surface area contributed by atoms with Crippen molar-refractivity contribution in [2.75, 3.05) is 5.32 Å². The molecule has 0 unspecified atom stereocenters. The summed E-state index contributed by atoms with van der Waals surface area (Å²) in [5.41, 5.74) is 8.63. The first kappa shape index (κ1) is 23.8. The Morgan fingerprint density at radius 2 is 1.84 bits per heavy atom. The van der Waals surface area contributed by atoms with Crippen molar-refractivity contribution in [3.63, 3.8) is 0 Å². The number of amides is 2. The van der Waals surface area contributed by atoms with Crippen LogP contribution in [0.2, 0.25) is 0 Å². The molecule has 0 aliphatic carbocycles. The lowest BCUT2D eigenvalue weighted by Crippen LogP contribution is -2.15. The monoisotopic (exact) mass is 457 g/mol. The summed E-state index contributed by atoms with van der Waals surface area (Å²) in [6.07, 6.45) is 10.5. The molecule has 3 N–H and O–H groups in total. The van der Waals surface area contributed by atoms with Gasteiger partial charge < -0.3 is 11.1 Å². The maximum atomic E-state index is 12.5. The van der Waals surface area contributed by atoms with Gasteiger partial charge in [-0.3, -0.25) is 9.59 Å². The molecule has 172 valence electrons. The van der Waals surface area contributed by atoms with Gasteiger partial charge in [0.15, 0.2) is 5.65 Å². The first-order chi connectivity index (χ1) is 15.4. The van der Waals surface area contributed by atoms with Crippen LogP contribution in [0.15, 0.2) is 6.20 Å². The number of anilines is 1. The molecule has 0 aliphatic heterocycles. The van der Waals surface area contributed by atoms with Gasteiger partial charge >= 0.3 is 0 Å². The number of carbonyl (C=O) groups excluding carboxylic acids is 2. The molecule has 9 nitrogen and oxygen atoms in total. The van der Waals surface area contributed by atoms with Gasteiger partial charge in [0.05, 0.1) is 6.20 Å². The second-order valence-corrected chi connectivity index (χ2v) is 9.05. The van der Waals surface area contributed by atoms with Gasteiger partial charge in [0.25, 0.3) is 5.91 Å². The fourth-order valence-corrected chi connectivity index (χ4v) is 4.53. The van der Waals surface area contributed by atoms with Gasteiger partial charge in [-0.2, -0.15) is 5.10 Å². The van der Waals surface area contributed by atoms with E-state index in [0.29, 0.717) is 17.2 Å². The molecule has 0 atom stereocenters. The van der Waals surface area contributed by atoms with Gasteiger partial charge in [-0.1, -0.05) is 50.4 Å². The largest absolute Gasteiger partial charge is 0.365 e. The molecule has 10 heteroatoms. The summed E-state index contributed by atoms with van der Waals surface area (Å²) in [7, 11) is 0. The highest BCUT2D eigenvalue weighted by molar-refractivity contribution is 7.15. The maximum Gasteiger partial charge on any atom is 0.254 e. The number of hydrogen-bond acceptors (Lipinski definition) is 7. The van der Waals surface area contributed by atoms with Crippen LogP contribution in [0.5, 0.6) is 0 Å². The summed E-state index contributed by atoms with van der Waals surface area (Å²) < 4.78 is 1.60. The normalized spacial score (nSPS) is 11.2. The van der Waals surface area contributed by atoms with Gasteiger partial charge in [0.2, 0.25) is 11.0 Å². The summed E-state index contributed by atoms with van der Waals surface area (Å²) in [5.74, 6) is -0.684. The van der Waals surface area contributed by atoms with Crippen molar-refractivity contribution in [1.29, 1.82) is 0 Å². The van der Waals surface area contributed by atoms with E-state index in [2.05, 4.69) is 32.5 Å². The Morgan fingerprint density at radius 3 is 2.59 bits per heavy atom. The number of fused-ring (bicyclic) bond motifs is 1. The molecule has 0 fully saturated rings. The van der Waals surface area contributed by atoms with Gasteiger partial charge in [0.1, 0.15) is 10.6 Å². The van der Waals surface area contributed by atoms with E-state index in [1.165, 1.54) is 49.6 Å². The molecule has 0 bridgehead atoms. The second-order valence-electron chi connectivity index (χ2n) is 7.99. The summed E-state index contributed by atoms with van der Waals surface area (Å²) in [4.78, 5) is 28.5. The van der Waals surface area contributed by atoms with Crippen molar-refractivity contribution < 1.29 is 9.59 Å². The van der Waals surface area contributed by atoms with Crippen LogP contribution in [0, 0.1) is 13.8 Å². The van der Waals surface area contributed by atoms with Gasteiger partial charge in [-0.05, 0) is 32.3 Å². The standard InChI is InChI=1S/C22H31N7O2S/c1-4-5-6-7-8-9-10-19-27-28-22(32-19)26-18(30)12-11-16-14(2)25-21-17(20(23)31)13-24-29(21)15(16)3/h13H,4-12H2,1-3H3,(H2,23,31)(H,26,28,30). The smallest absolute Gasteiger partial charge is 0.254 e. The molecule has 2 amide bonds. The third-order valence-corrected chi connectivity index (χ3v) is 6.43. The molecular weight excluding hydrogens is 426 g/mol. The maximum absolute atomic E-state index is 12.5. The van der Waals surface area contributed by atoms with E-state index in [1.807, 2.05) is 13.8 Å². The molecule has 0 aromatic carbocycles. The minimum absolute atomic E-state index is 0.121. The van der Waals surface area contributed by atoms with E-state index in [0.717, 1.165) is 34.8 Å². The number of carbonyl (C=O) groups is 2. The van der Waals surface area contributed by atoms with E-state index < -0.39 is 5.91 Å². The number of aromatic nitrogens is 5. The molecule has 0 aliphatic rings. The van der Waals surface area contributed by atoms with E-state index in [9.17, 15) is 9.59 Å². The molecule has 0 saturated heterocycles. The first-order valence-electron chi connectivity index (χ1n) is 11.2. The van der Waals surface area contributed by atoms with Crippen LogP contribution in [0.25, 0.3) is 5.65 Å². The van der Waals surface area contributed by atoms with Crippen LogP contribution in [-0.4, -0.2) is 36.6 Å². The van der Waals surface area contributed by atoms with Crippen molar-refractivity contribution in [1.82, 2.24) is 24.8 Å². The molecule has 0 radical (unpaired) electrons. The van der Waals surface area contributed by atoms with Crippen LogP contribution in [0.3, 0.4) is 0 Å². The molecule has 3 heterocycles. The average molecular weight is 458 g/mol. The van der Waals surface area contributed by atoms with Crippen molar-refractivity contribution in [2.45, 2.75) is 78.6 Å². The van der Waals surface area contributed by atoms with Crippen LogP contribution in [0.1, 0.15) is 84.2 Å². The Balaban J connectivity index is 1.53. The summed E-state index contributed by atoms with van der Waals surface area (Å²) in [6.45, 7) is 5.97. The Morgan fingerprint density at radius 1 is 1.09 bits per heavy atom. The Labute approximate surface area is 191 Å². The second kappa shape index (κ2) is 11.1. The summed E-state index contributed by atoms with van der Waals surface area (Å²) >= 11 is 1.44. The van der Waals surface area contributed by atoms with E-state index in [-0.39, 0.29) is 17.9 Å².